The van der Waals surface area contributed by atoms with Gasteiger partial charge in [-0.3, -0.25) is 0 Å². The van der Waals surface area contributed by atoms with Crippen LogP contribution in [0.5, 0.6) is 0 Å². The van der Waals surface area contributed by atoms with Gasteiger partial charge in [0.05, 0.1) is 25.9 Å². The standard InChI is InChI=1S/C16H24O2/c1(4-8-15-9-5-3-6-10-15)2-7-11-16-14-17-12-13-18-16/h3,5-6,9-10,16H,1-2,4,7-8,11-14H2. The second-order valence-electron chi connectivity index (χ2n) is 5.01. The minimum Gasteiger partial charge on any atom is -0.376 e. The maximum absolute atomic E-state index is 5.63. The van der Waals surface area contributed by atoms with Crippen molar-refractivity contribution in [2.75, 3.05) is 19.8 Å². The molecule has 1 aliphatic heterocycles. The molecule has 18 heavy (non-hydrogen) atoms. The maximum Gasteiger partial charge on any atom is 0.0809 e. The Bertz CT molecular complexity index is 304. The number of unbranched alkanes of at least 4 members (excludes halogenated alkanes) is 3. The third kappa shape index (κ3) is 5.19. The van der Waals surface area contributed by atoms with Crippen LogP contribution in [-0.4, -0.2) is 25.9 Å². The summed E-state index contributed by atoms with van der Waals surface area (Å²) in [5.74, 6) is 0. The Morgan fingerprint density at radius 1 is 0.944 bits per heavy atom. The molecule has 0 aromatic heterocycles. The number of hydrogen-bond acceptors (Lipinski definition) is 2. The van der Waals surface area contributed by atoms with Crippen LogP contribution in [-0.2, 0) is 15.9 Å². The predicted molar refractivity (Wildman–Crippen MR) is 73.8 cm³/mol. The summed E-state index contributed by atoms with van der Waals surface area (Å²) in [5.41, 5.74) is 1.46. The van der Waals surface area contributed by atoms with Gasteiger partial charge in [0, 0.05) is 0 Å². The Balaban J connectivity index is 1.46. The van der Waals surface area contributed by atoms with Gasteiger partial charge in [-0.05, 0) is 24.8 Å². The fourth-order valence-corrected chi connectivity index (χ4v) is 2.40. The van der Waals surface area contributed by atoms with Crippen LogP contribution in [0.25, 0.3) is 0 Å². The second-order valence-corrected chi connectivity index (χ2v) is 5.01. The first-order valence-corrected chi connectivity index (χ1v) is 7.18. The van der Waals surface area contributed by atoms with Gasteiger partial charge in [-0.25, -0.2) is 0 Å². The van der Waals surface area contributed by atoms with E-state index in [0.717, 1.165) is 26.2 Å². The van der Waals surface area contributed by atoms with Crippen LogP contribution >= 0.6 is 0 Å². The number of rotatable bonds is 7. The lowest BCUT2D eigenvalue weighted by Gasteiger charge is -2.22. The molecule has 1 atom stereocenters. The molecule has 0 aliphatic carbocycles. The lowest BCUT2D eigenvalue weighted by atomic mass is 10.0. The highest BCUT2D eigenvalue weighted by molar-refractivity contribution is 5.14. The van der Waals surface area contributed by atoms with Crippen LogP contribution in [0, 0.1) is 0 Å². The first kappa shape index (κ1) is 13.6. The molecule has 1 fully saturated rings. The van der Waals surface area contributed by atoms with E-state index < -0.39 is 0 Å². The SMILES string of the molecule is c1ccc(CCCCCCC2COCCO2)cc1. The third-order valence-electron chi connectivity index (χ3n) is 3.47. The van der Waals surface area contributed by atoms with Gasteiger partial charge in [0.25, 0.3) is 0 Å². The molecule has 0 spiro atoms. The molecule has 1 aliphatic rings. The molecule has 1 saturated heterocycles. The lowest BCUT2D eigenvalue weighted by molar-refractivity contribution is -0.0912. The van der Waals surface area contributed by atoms with Crippen molar-refractivity contribution < 1.29 is 9.47 Å². The van der Waals surface area contributed by atoms with E-state index in [1.807, 2.05) is 0 Å². The Kier molecular flexibility index (Phi) is 6.24. The summed E-state index contributed by atoms with van der Waals surface area (Å²) in [5, 5.41) is 0. The summed E-state index contributed by atoms with van der Waals surface area (Å²) in [6.45, 7) is 2.34. The molecule has 0 N–H and O–H groups in total. The van der Waals surface area contributed by atoms with Gasteiger partial charge < -0.3 is 9.47 Å². The predicted octanol–water partition coefficient (Wildman–Crippen LogP) is 3.60. The highest BCUT2D eigenvalue weighted by atomic mass is 16.6. The smallest absolute Gasteiger partial charge is 0.0809 e. The van der Waals surface area contributed by atoms with E-state index in [1.54, 1.807) is 0 Å². The molecular formula is C16H24O2. The molecule has 1 aromatic rings. The first-order valence-electron chi connectivity index (χ1n) is 7.18. The minimum absolute atomic E-state index is 0.355. The number of hydrogen-bond donors (Lipinski definition) is 0. The van der Waals surface area contributed by atoms with Gasteiger partial charge in [0.1, 0.15) is 0 Å². The van der Waals surface area contributed by atoms with E-state index >= 15 is 0 Å². The van der Waals surface area contributed by atoms with Crippen molar-refractivity contribution in [1.82, 2.24) is 0 Å². The average molecular weight is 248 g/mol. The van der Waals surface area contributed by atoms with Crippen molar-refractivity contribution >= 4 is 0 Å². The highest BCUT2D eigenvalue weighted by Crippen LogP contribution is 2.13. The van der Waals surface area contributed by atoms with E-state index in [1.165, 1.54) is 37.7 Å². The van der Waals surface area contributed by atoms with Crippen LogP contribution in [0.4, 0.5) is 0 Å². The average Bonchev–Trinajstić information content (AvgIpc) is 2.45. The summed E-state index contributed by atoms with van der Waals surface area (Å²) < 4.78 is 11.0. The van der Waals surface area contributed by atoms with E-state index in [4.69, 9.17) is 9.47 Å². The quantitative estimate of drug-likeness (QED) is 0.686. The monoisotopic (exact) mass is 248 g/mol. The van der Waals surface area contributed by atoms with Crippen LogP contribution in [0.1, 0.15) is 37.7 Å². The van der Waals surface area contributed by atoms with Crippen LogP contribution in [0.2, 0.25) is 0 Å². The lowest BCUT2D eigenvalue weighted by Crippen LogP contribution is -2.28. The molecule has 1 heterocycles. The fraction of sp³-hybridized carbons (Fsp3) is 0.625. The Hall–Kier alpha value is -0.860. The summed E-state index contributed by atoms with van der Waals surface area (Å²) >= 11 is 0. The zero-order chi connectivity index (χ0) is 12.5. The molecule has 0 radical (unpaired) electrons. The summed E-state index contributed by atoms with van der Waals surface area (Å²) in [7, 11) is 0. The Morgan fingerprint density at radius 2 is 1.78 bits per heavy atom. The molecule has 2 rings (SSSR count). The van der Waals surface area contributed by atoms with Gasteiger partial charge in [-0.15, -0.1) is 0 Å². The van der Waals surface area contributed by atoms with Gasteiger partial charge in [-0.2, -0.15) is 0 Å². The summed E-state index contributed by atoms with van der Waals surface area (Å²) in [4.78, 5) is 0. The Morgan fingerprint density at radius 3 is 2.56 bits per heavy atom. The van der Waals surface area contributed by atoms with Gasteiger partial charge >= 0.3 is 0 Å². The first-order chi connectivity index (χ1) is 8.95. The van der Waals surface area contributed by atoms with Crippen molar-refractivity contribution in [3.63, 3.8) is 0 Å². The van der Waals surface area contributed by atoms with Crippen LogP contribution in [0.15, 0.2) is 30.3 Å². The normalized spacial score (nSPS) is 19.9. The molecule has 1 unspecified atom stereocenters. The van der Waals surface area contributed by atoms with Crippen LogP contribution in [0.3, 0.4) is 0 Å². The molecular weight excluding hydrogens is 224 g/mol. The molecule has 0 amide bonds. The second kappa shape index (κ2) is 8.28. The molecule has 0 saturated carbocycles. The molecule has 1 aromatic carbocycles. The number of ether oxygens (including phenoxy) is 2. The zero-order valence-corrected chi connectivity index (χ0v) is 11.1. The highest BCUT2D eigenvalue weighted by Gasteiger charge is 2.13. The Labute approximate surface area is 110 Å². The number of aryl methyl sites for hydroxylation is 1. The van der Waals surface area contributed by atoms with Crippen LogP contribution < -0.4 is 0 Å². The maximum atomic E-state index is 5.63. The van der Waals surface area contributed by atoms with Gasteiger partial charge in [-0.1, -0.05) is 49.6 Å². The topological polar surface area (TPSA) is 18.5 Å². The molecule has 2 nitrogen and oxygen atoms in total. The summed E-state index contributed by atoms with van der Waals surface area (Å²) in [6, 6.07) is 10.8. The largest absolute Gasteiger partial charge is 0.376 e. The molecule has 100 valence electrons. The van der Waals surface area contributed by atoms with Crippen molar-refractivity contribution in [2.24, 2.45) is 0 Å². The van der Waals surface area contributed by atoms with Crippen molar-refractivity contribution in [2.45, 2.75) is 44.6 Å². The zero-order valence-electron chi connectivity index (χ0n) is 11.1. The minimum atomic E-state index is 0.355. The van der Waals surface area contributed by atoms with Gasteiger partial charge in [0.2, 0.25) is 0 Å². The van der Waals surface area contributed by atoms with Crippen molar-refractivity contribution in [1.29, 1.82) is 0 Å². The third-order valence-corrected chi connectivity index (χ3v) is 3.47. The van der Waals surface area contributed by atoms with E-state index in [2.05, 4.69) is 30.3 Å². The van der Waals surface area contributed by atoms with Crippen molar-refractivity contribution in [3.05, 3.63) is 35.9 Å². The molecule has 0 bridgehead atoms. The van der Waals surface area contributed by atoms with Gasteiger partial charge in [0.15, 0.2) is 0 Å². The fourth-order valence-electron chi connectivity index (χ4n) is 2.40. The number of benzene rings is 1. The van der Waals surface area contributed by atoms with E-state index in [9.17, 15) is 0 Å². The van der Waals surface area contributed by atoms with E-state index in [0.29, 0.717) is 6.10 Å². The van der Waals surface area contributed by atoms with E-state index in [-0.39, 0.29) is 0 Å². The molecule has 2 heteroatoms. The van der Waals surface area contributed by atoms with Crippen molar-refractivity contribution in [3.8, 4) is 0 Å². The summed E-state index contributed by atoms with van der Waals surface area (Å²) in [6.07, 6.45) is 7.92.